The van der Waals surface area contributed by atoms with Gasteiger partial charge in [-0.25, -0.2) is 0 Å². The van der Waals surface area contributed by atoms with Crippen LogP contribution in [0.4, 0.5) is 0 Å². The average molecular weight is 237 g/mol. The van der Waals surface area contributed by atoms with Gasteiger partial charge in [0, 0.05) is 6.61 Å². The first-order valence-corrected chi connectivity index (χ1v) is 6.74. The highest BCUT2D eigenvalue weighted by Crippen LogP contribution is 2.38. The molecule has 0 aromatic rings. The molecule has 3 rings (SSSR count). The van der Waals surface area contributed by atoms with Gasteiger partial charge in [-0.1, -0.05) is 12.8 Å². The molecule has 0 unspecified atom stereocenters. The summed E-state index contributed by atoms with van der Waals surface area (Å²) in [7, 11) is 0. The highest BCUT2D eigenvalue weighted by Gasteiger charge is 2.48. The van der Waals surface area contributed by atoms with Crippen LogP contribution in [0.2, 0.25) is 0 Å². The lowest BCUT2D eigenvalue weighted by molar-refractivity contribution is -0.141. The molecule has 0 aromatic heterocycles. The molecule has 4 nitrogen and oxygen atoms in total. The van der Waals surface area contributed by atoms with E-state index in [4.69, 9.17) is 4.74 Å². The number of carbonyl (C=O) groups is 2. The van der Waals surface area contributed by atoms with Crippen molar-refractivity contribution in [2.24, 2.45) is 11.8 Å². The third-order valence-corrected chi connectivity index (χ3v) is 4.34. The molecule has 0 bridgehead atoms. The number of hydrogen-bond donors (Lipinski definition) is 0. The highest BCUT2D eigenvalue weighted by atomic mass is 16.5. The van der Waals surface area contributed by atoms with Gasteiger partial charge in [-0.3, -0.25) is 14.5 Å². The minimum absolute atomic E-state index is 0.0161. The third kappa shape index (κ3) is 1.88. The average Bonchev–Trinajstić information content (AvgIpc) is 2.94. The smallest absolute Gasteiger partial charge is 0.233 e. The topological polar surface area (TPSA) is 46.6 Å². The summed E-state index contributed by atoms with van der Waals surface area (Å²) in [5.41, 5.74) is 0. The second-order valence-electron chi connectivity index (χ2n) is 5.42. The molecule has 94 valence electrons. The Kier molecular flexibility index (Phi) is 2.90. The number of ether oxygens (including phenoxy) is 1. The van der Waals surface area contributed by atoms with Crippen molar-refractivity contribution >= 4 is 11.8 Å². The van der Waals surface area contributed by atoms with Gasteiger partial charge in [-0.2, -0.15) is 0 Å². The third-order valence-electron chi connectivity index (χ3n) is 4.34. The molecule has 3 fully saturated rings. The van der Waals surface area contributed by atoms with Crippen molar-refractivity contribution in [3.05, 3.63) is 0 Å². The zero-order chi connectivity index (χ0) is 11.8. The van der Waals surface area contributed by atoms with Crippen LogP contribution in [0.1, 0.15) is 38.5 Å². The quantitative estimate of drug-likeness (QED) is 0.681. The van der Waals surface area contributed by atoms with Crippen LogP contribution in [0.25, 0.3) is 0 Å². The number of carbonyl (C=O) groups excluding carboxylic acids is 2. The number of amides is 2. The summed E-state index contributed by atoms with van der Waals surface area (Å²) in [6.07, 6.45) is 6.10. The van der Waals surface area contributed by atoms with E-state index in [2.05, 4.69) is 0 Å². The van der Waals surface area contributed by atoms with Crippen LogP contribution in [0.15, 0.2) is 0 Å². The van der Waals surface area contributed by atoms with Crippen LogP contribution in [-0.4, -0.2) is 36.0 Å². The van der Waals surface area contributed by atoms with Gasteiger partial charge >= 0.3 is 0 Å². The second-order valence-corrected chi connectivity index (χ2v) is 5.42. The summed E-state index contributed by atoms with van der Waals surface area (Å²) in [4.78, 5) is 25.9. The summed E-state index contributed by atoms with van der Waals surface area (Å²) in [5.74, 6) is 0.0979. The Balaban J connectivity index is 1.71. The SMILES string of the molecule is O=C1[C@H]2CCCC[C@H]2C(=O)N1C[C@H]1CCCO1. The van der Waals surface area contributed by atoms with E-state index in [-0.39, 0.29) is 29.8 Å². The first-order valence-electron chi connectivity index (χ1n) is 6.74. The number of likely N-dealkylation sites (tertiary alicyclic amines) is 1. The lowest BCUT2D eigenvalue weighted by atomic mass is 9.81. The van der Waals surface area contributed by atoms with Crippen molar-refractivity contribution in [1.29, 1.82) is 0 Å². The summed E-state index contributed by atoms with van der Waals surface area (Å²) < 4.78 is 5.52. The van der Waals surface area contributed by atoms with E-state index >= 15 is 0 Å². The van der Waals surface area contributed by atoms with E-state index in [9.17, 15) is 9.59 Å². The van der Waals surface area contributed by atoms with Crippen molar-refractivity contribution in [3.63, 3.8) is 0 Å². The summed E-state index contributed by atoms with van der Waals surface area (Å²) in [6, 6.07) is 0. The maximum atomic E-state index is 12.2. The van der Waals surface area contributed by atoms with Gasteiger partial charge in [0.25, 0.3) is 0 Å². The van der Waals surface area contributed by atoms with Crippen molar-refractivity contribution in [1.82, 2.24) is 4.90 Å². The predicted molar refractivity (Wildman–Crippen MR) is 61.1 cm³/mol. The Morgan fingerprint density at radius 3 is 2.18 bits per heavy atom. The number of imide groups is 1. The van der Waals surface area contributed by atoms with Crippen molar-refractivity contribution < 1.29 is 14.3 Å². The van der Waals surface area contributed by atoms with Gasteiger partial charge in [0.2, 0.25) is 11.8 Å². The number of rotatable bonds is 2. The molecule has 17 heavy (non-hydrogen) atoms. The largest absolute Gasteiger partial charge is 0.376 e. The standard InChI is InChI=1S/C13H19NO3/c15-12-10-5-1-2-6-11(10)13(16)14(12)8-9-4-3-7-17-9/h9-11H,1-8H2/t9-,10-,11+/m1/s1. The normalized spacial score (nSPS) is 37.6. The molecule has 0 spiro atoms. The van der Waals surface area contributed by atoms with E-state index in [1.807, 2.05) is 0 Å². The molecule has 3 atom stereocenters. The van der Waals surface area contributed by atoms with Crippen LogP contribution in [0.3, 0.4) is 0 Å². The molecule has 4 heteroatoms. The van der Waals surface area contributed by atoms with Crippen LogP contribution < -0.4 is 0 Å². The molecule has 0 N–H and O–H groups in total. The van der Waals surface area contributed by atoms with Gasteiger partial charge < -0.3 is 4.74 Å². The van der Waals surface area contributed by atoms with Crippen molar-refractivity contribution in [2.45, 2.75) is 44.6 Å². The number of nitrogens with zero attached hydrogens (tertiary/aromatic N) is 1. The van der Waals surface area contributed by atoms with E-state index < -0.39 is 0 Å². The van der Waals surface area contributed by atoms with Gasteiger partial charge in [-0.05, 0) is 25.7 Å². The Morgan fingerprint density at radius 1 is 1.00 bits per heavy atom. The minimum Gasteiger partial charge on any atom is -0.376 e. The highest BCUT2D eigenvalue weighted by molar-refractivity contribution is 6.05. The van der Waals surface area contributed by atoms with Crippen LogP contribution >= 0.6 is 0 Å². The summed E-state index contributed by atoms with van der Waals surface area (Å²) in [5, 5.41) is 0. The molecule has 2 heterocycles. The molecule has 1 aliphatic carbocycles. The second kappa shape index (κ2) is 4.41. The van der Waals surface area contributed by atoms with Gasteiger partial charge in [0.1, 0.15) is 0 Å². The summed E-state index contributed by atoms with van der Waals surface area (Å²) in [6.45, 7) is 1.26. The first-order chi connectivity index (χ1) is 8.27. The van der Waals surface area contributed by atoms with Crippen molar-refractivity contribution in [3.8, 4) is 0 Å². The van der Waals surface area contributed by atoms with E-state index in [0.717, 1.165) is 45.1 Å². The fourth-order valence-electron chi connectivity index (χ4n) is 3.40. The maximum Gasteiger partial charge on any atom is 0.233 e. The molecule has 0 radical (unpaired) electrons. The van der Waals surface area contributed by atoms with Gasteiger partial charge in [-0.15, -0.1) is 0 Å². The number of hydrogen-bond acceptors (Lipinski definition) is 3. The Morgan fingerprint density at radius 2 is 1.65 bits per heavy atom. The Labute approximate surface area is 101 Å². The zero-order valence-electron chi connectivity index (χ0n) is 10.1. The Hall–Kier alpha value is -0.900. The molecule has 1 saturated carbocycles. The van der Waals surface area contributed by atoms with Gasteiger partial charge in [0.05, 0.1) is 24.5 Å². The first kappa shape index (κ1) is 11.2. The van der Waals surface area contributed by atoms with Crippen molar-refractivity contribution in [2.75, 3.05) is 13.2 Å². The predicted octanol–water partition coefficient (Wildman–Crippen LogP) is 1.34. The lowest BCUT2D eigenvalue weighted by Gasteiger charge is -2.19. The van der Waals surface area contributed by atoms with E-state index in [0.29, 0.717) is 6.54 Å². The lowest BCUT2D eigenvalue weighted by Crippen LogP contribution is -2.37. The summed E-state index contributed by atoms with van der Waals surface area (Å²) >= 11 is 0. The van der Waals surface area contributed by atoms with E-state index in [1.54, 1.807) is 0 Å². The molecule has 0 aromatic carbocycles. The minimum atomic E-state index is -0.0161. The van der Waals surface area contributed by atoms with E-state index in [1.165, 1.54) is 4.90 Å². The maximum absolute atomic E-state index is 12.2. The fourth-order valence-corrected chi connectivity index (χ4v) is 3.40. The number of fused-ring (bicyclic) bond motifs is 1. The Bertz CT molecular complexity index is 312. The molecule has 2 aliphatic heterocycles. The van der Waals surface area contributed by atoms with Crippen LogP contribution in [-0.2, 0) is 14.3 Å². The molecular formula is C13H19NO3. The van der Waals surface area contributed by atoms with Gasteiger partial charge in [0.15, 0.2) is 0 Å². The molecule has 2 saturated heterocycles. The molecule has 2 amide bonds. The monoisotopic (exact) mass is 237 g/mol. The van der Waals surface area contributed by atoms with Crippen LogP contribution in [0, 0.1) is 11.8 Å². The van der Waals surface area contributed by atoms with Crippen LogP contribution in [0.5, 0.6) is 0 Å². The fraction of sp³-hybridized carbons (Fsp3) is 0.846. The molecule has 3 aliphatic rings. The zero-order valence-corrected chi connectivity index (χ0v) is 10.1. The molecular weight excluding hydrogens is 218 g/mol.